The fourth-order valence-electron chi connectivity index (χ4n) is 2.47. The zero-order valence-electron chi connectivity index (χ0n) is 12.5. The van der Waals surface area contributed by atoms with Gasteiger partial charge in [0.15, 0.2) is 0 Å². The summed E-state index contributed by atoms with van der Waals surface area (Å²) in [6.07, 6.45) is 2.42. The molecule has 0 aliphatic carbocycles. The van der Waals surface area contributed by atoms with Gasteiger partial charge >= 0.3 is 0 Å². The lowest BCUT2D eigenvalue weighted by molar-refractivity contribution is 0.0375. The van der Waals surface area contributed by atoms with Crippen molar-refractivity contribution in [3.05, 3.63) is 45.7 Å². The maximum Gasteiger partial charge on any atom is 0.0649 e. The monoisotopic (exact) mass is 397 g/mol. The van der Waals surface area contributed by atoms with Crippen molar-refractivity contribution in [2.45, 2.75) is 21.9 Å². The average molecular weight is 398 g/mol. The van der Waals surface area contributed by atoms with Gasteiger partial charge in [0.05, 0.1) is 17.4 Å². The fourth-order valence-corrected chi connectivity index (χ4v) is 4.93. The predicted octanol–water partition coefficient (Wildman–Crippen LogP) is 4.93. The quantitative estimate of drug-likeness (QED) is 0.685. The number of ether oxygens (including phenoxy) is 1. The highest BCUT2D eigenvalue weighted by atomic mass is 79.9. The van der Waals surface area contributed by atoms with Crippen LogP contribution < -0.4 is 0 Å². The summed E-state index contributed by atoms with van der Waals surface area (Å²) in [7, 11) is 0. The first-order valence-corrected chi connectivity index (χ1v) is 10.0. The Balaban J connectivity index is 1.45. The topological polar surface area (TPSA) is 12.5 Å². The van der Waals surface area contributed by atoms with Crippen LogP contribution >= 0.6 is 39.0 Å². The van der Waals surface area contributed by atoms with E-state index >= 15 is 0 Å². The lowest BCUT2D eigenvalue weighted by Crippen LogP contribution is -2.36. The Morgan fingerprint density at radius 1 is 1.09 bits per heavy atom. The molecule has 118 valence electrons. The van der Waals surface area contributed by atoms with Gasteiger partial charge in [0.2, 0.25) is 0 Å². The van der Waals surface area contributed by atoms with Crippen molar-refractivity contribution >= 4 is 39.0 Å². The van der Waals surface area contributed by atoms with Crippen LogP contribution in [0.5, 0.6) is 0 Å². The SMILES string of the molecule is Brc1ccc(Sc2ccc(CCCN3CCOCC3)s2)cc1. The lowest BCUT2D eigenvalue weighted by atomic mass is 10.2. The predicted molar refractivity (Wildman–Crippen MR) is 98.2 cm³/mol. The van der Waals surface area contributed by atoms with Gasteiger partial charge in [0.1, 0.15) is 0 Å². The molecule has 0 N–H and O–H groups in total. The van der Waals surface area contributed by atoms with Gasteiger partial charge in [-0.2, -0.15) is 0 Å². The average Bonchev–Trinajstić information content (AvgIpc) is 2.98. The second-order valence-corrected chi connectivity index (χ2v) is 8.79. The molecular weight excluding hydrogens is 378 g/mol. The normalized spacial score (nSPS) is 16.0. The molecule has 1 aromatic carbocycles. The molecule has 1 saturated heterocycles. The zero-order valence-corrected chi connectivity index (χ0v) is 15.7. The van der Waals surface area contributed by atoms with Crippen LogP contribution in [0.15, 0.2) is 50.0 Å². The number of thiophene rings is 1. The summed E-state index contributed by atoms with van der Waals surface area (Å²) in [5.41, 5.74) is 0. The van der Waals surface area contributed by atoms with Crippen LogP contribution in [0.3, 0.4) is 0 Å². The number of aryl methyl sites for hydroxylation is 1. The lowest BCUT2D eigenvalue weighted by Gasteiger charge is -2.26. The summed E-state index contributed by atoms with van der Waals surface area (Å²) < 4.78 is 7.90. The van der Waals surface area contributed by atoms with Gasteiger partial charge in [-0.05, 0) is 55.8 Å². The summed E-state index contributed by atoms with van der Waals surface area (Å²) in [5.74, 6) is 0. The molecule has 22 heavy (non-hydrogen) atoms. The van der Waals surface area contributed by atoms with Gasteiger partial charge in [0.25, 0.3) is 0 Å². The van der Waals surface area contributed by atoms with E-state index in [1.165, 1.54) is 33.4 Å². The minimum absolute atomic E-state index is 0.896. The van der Waals surface area contributed by atoms with E-state index in [2.05, 4.69) is 57.2 Å². The molecule has 1 fully saturated rings. The Bertz CT molecular complexity index is 579. The Kier molecular flexibility index (Phi) is 6.39. The van der Waals surface area contributed by atoms with Gasteiger partial charge in [-0.15, -0.1) is 11.3 Å². The molecular formula is C17H20BrNOS2. The van der Waals surface area contributed by atoms with Crippen molar-refractivity contribution in [3.63, 3.8) is 0 Å². The summed E-state index contributed by atoms with van der Waals surface area (Å²) in [6.45, 7) is 5.17. The largest absolute Gasteiger partial charge is 0.379 e. The molecule has 2 heterocycles. The number of halogens is 1. The minimum Gasteiger partial charge on any atom is -0.379 e. The van der Waals surface area contributed by atoms with Gasteiger partial charge in [0, 0.05) is 27.3 Å². The number of benzene rings is 1. The first-order chi connectivity index (χ1) is 10.8. The van der Waals surface area contributed by atoms with Crippen LogP contribution in [0.2, 0.25) is 0 Å². The molecule has 0 atom stereocenters. The first kappa shape index (κ1) is 16.5. The van der Waals surface area contributed by atoms with Crippen molar-refractivity contribution in [1.29, 1.82) is 0 Å². The van der Waals surface area contributed by atoms with E-state index in [-0.39, 0.29) is 0 Å². The van der Waals surface area contributed by atoms with E-state index in [0.29, 0.717) is 0 Å². The van der Waals surface area contributed by atoms with E-state index in [1.54, 1.807) is 0 Å². The molecule has 0 amide bonds. The third kappa shape index (κ3) is 5.10. The van der Waals surface area contributed by atoms with Crippen LogP contribution in [0, 0.1) is 0 Å². The number of morpholine rings is 1. The smallest absolute Gasteiger partial charge is 0.0649 e. The number of hydrogen-bond acceptors (Lipinski definition) is 4. The third-order valence-corrected chi connectivity index (χ3v) is 6.48. The maximum absolute atomic E-state index is 5.39. The Hall–Kier alpha value is -0.330. The molecule has 0 unspecified atom stereocenters. The third-order valence-electron chi connectivity index (χ3n) is 3.67. The van der Waals surface area contributed by atoms with Crippen LogP contribution in [0.1, 0.15) is 11.3 Å². The van der Waals surface area contributed by atoms with Crippen molar-refractivity contribution in [2.24, 2.45) is 0 Å². The van der Waals surface area contributed by atoms with Crippen molar-refractivity contribution in [3.8, 4) is 0 Å². The van der Waals surface area contributed by atoms with Crippen LogP contribution in [-0.4, -0.2) is 37.7 Å². The van der Waals surface area contributed by atoms with Gasteiger partial charge < -0.3 is 4.74 Å². The summed E-state index contributed by atoms with van der Waals surface area (Å²) in [4.78, 5) is 5.30. The van der Waals surface area contributed by atoms with Gasteiger partial charge in [-0.3, -0.25) is 4.90 Å². The molecule has 0 bridgehead atoms. The van der Waals surface area contributed by atoms with Gasteiger partial charge in [-0.25, -0.2) is 0 Å². The van der Waals surface area contributed by atoms with E-state index in [9.17, 15) is 0 Å². The van der Waals surface area contributed by atoms with Crippen molar-refractivity contribution in [2.75, 3.05) is 32.8 Å². The number of nitrogens with zero attached hydrogens (tertiary/aromatic N) is 1. The fraction of sp³-hybridized carbons (Fsp3) is 0.412. The van der Waals surface area contributed by atoms with Crippen LogP contribution in [0.4, 0.5) is 0 Å². The van der Waals surface area contributed by atoms with E-state index in [1.807, 2.05) is 23.1 Å². The second-order valence-electron chi connectivity index (χ2n) is 5.33. The summed E-state index contributed by atoms with van der Waals surface area (Å²) >= 11 is 7.25. The highest BCUT2D eigenvalue weighted by Crippen LogP contribution is 2.34. The maximum atomic E-state index is 5.39. The zero-order chi connectivity index (χ0) is 15.2. The summed E-state index contributed by atoms with van der Waals surface area (Å²) in [5, 5.41) is 0. The molecule has 5 heteroatoms. The van der Waals surface area contributed by atoms with E-state index in [0.717, 1.165) is 30.8 Å². The van der Waals surface area contributed by atoms with Gasteiger partial charge in [-0.1, -0.05) is 27.7 Å². The molecule has 0 radical (unpaired) electrons. The molecule has 0 saturated carbocycles. The molecule has 1 aliphatic heterocycles. The number of hydrogen-bond donors (Lipinski definition) is 0. The molecule has 1 aliphatic rings. The molecule has 3 rings (SSSR count). The second kappa shape index (κ2) is 8.50. The van der Waals surface area contributed by atoms with Crippen LogP contribution in [0.25, 0.3) is 0 Å². The highest BCUT2D eigenvalue weighted by molar-refractivity contribution is 9.10. The van der Waals surface area contributed by atoms with Crippen molar-refractivity contribution in [1.82, 2.24) is 4.90 Å². The summed E-state index contributed by atoms with van der Waals surface area (Å²) in [6, 6.07) is 13.0. The Labute approximate surface area is 149 Å². The molecule has 0 spiro atoms. The molecule has 2 nitrogen and oxygen atoms in total. The van der Waals surface area contributed by atoms with Crippen molar-refractivity contribution < 1.29 is 4.74 Å². The molecule has 1 aromatic heterocycles. The van der Waals surface area contributed by atoms with E-state index < -0.39 is 0 Å². The Morgan fingerprint density at radius 2 is 1.86 bits per heavy atom. The highest BCUT2D eigenvalue weighted by Gasteiger charge is 2.10. The minimum atomic E-state index is 0.896. The number of rotatable bonds is 6. The Morgan fingerprint density at radius 3 is 2.64 bits per heavy atom. The van der Waals surface area contributed by atoms with Crippen LogP contribution in [-0.2, 0) is 11.2 Å². The standard InChI is InChI=1S/C17H20BrNOS2/c18-14-3-5-16(6-4-14)22-17-8-7-15(21-17)2-1-9-19-10-12-20-13-11-19/h3-8H,1-2,9-13H2. The molecule has 2 aromatic rings. The van der Waals surface area contributed by atoms with E-state index in [4.69, 9.17) is 4.74 Å². The first-order valence-electron chi connectivity index (χ1n) is 7.62.